The molecule has 1 heterocycles. The molecule has 0 aliphatic rings. The molecule has 3 aromatic rings. The molecule has 7 heteroatoms. The number of halogens is 2. The minimum Gasteiger partial charge on any atom is -0.493 e. The lowest BCUT2D eigenvalue weighted by atomic mass is 10.1. The Hall–Kier alpha value is -2.57. The number of aryl methyl sites for hydroxylation is 1. The third kappa shape index (κ3) is 4.46. The first-order chi connectivity index (χ1) is 13.5. The number of nitrogens with one attached hydrogen (secondary N) is 1. The molecule has 0 unspecified atom stereocenters. The van der Waals surface area contributed by atoms with Gasteiger partial charge >= 0.3 is 0 Å². The van der Waals surface area contributed by atoms with E-state index in [0.29, 0.717) is 11.7 Å². The van der Waals surface area contributed by atoms with Gasteiger partial charge in [0.05, 0.1) is 25.6 Å². The molecule has 0 saturated heterocycles. The van der Waals surface area contributed by atoms with Crippen LogP contribution >= 0.6 is 11.6 Å². The molecule has 0 radical (unpaired) electrons. The summed E-state index contributed by atoms with van der Waals surface area (Å²) in [6, 6.07) is 12.0. The Kier molecular flexibility index (Phi) is 6.54. The normalized spacial score (nSPS) is 10.9. The van der Waals surface area contributed by atoms with Gasteiger partial charge in [-0.25, -0.2) is 9.07 Å². The Morgan fingerprint density at radius 2 is 1.79 bits per heavy atom. The van der Waals surface area contributed by atoms with E-state index in [2.05, 4.69) is 10.4 Å². The predicted octanol–water partition coefficient (Wildman–Crippen LogP) is 4.32. The molecule has 0 saturated carbocycles. The van der Waals surface area contributed by atoms with E-state index in [9.17, 15) is 4.39 Å². The van der Waals surface area contributed by atoms with Gasteiger partial charge in [0, 0.05) is 12.1 Å². The van der Waals surface area contributed by atoms with E-state index in [1.54, 1.807) is 31.0 Å². The average Bonchev–Trinajstić information content (AvgIpc) is 2.99. The van der Waals surface area contributed by atoms with Gasteiger partial charge in [-0.15, -0.1) is 0 Å². The lowest BCUT2D eigenvalue weighted by Crippen LogP contribution is -2.17. The van der Waals surface area contributed by atoms with E-state index in [0.717, 1.165) is 47.0 Å². The summed E-state index contributed by atoms with van der Waals surface area (Å²) in [6.07, 6.45) is 0.836. The van der Waals surface area contributed by atoms with Crippen LogP contribution in [0.25, 0.3) is 5.69 Å². The molecule has 28 heavy (non-hydrogen) atoms. The van der Waals surface area contributed by atoms with Crippen molar-refractivity contribution in [1.82, 2.24) is 15.1 Å². The number of aromatic nitrogens is 2. The minimum absolute atomic E-state index is 0.291. The summed E-state index contributed by atoms with van der Waals surface area (Å²) in [6.45, 7) is 3.28. The van der Waals surface area contributed by atoms with E-state index in [1.165, 1.54) is 12.1 Å². The molecule has 2 aromatic carbocycles. The van der Waals surface area contributed by atoms with E-state index < -0.39 is 0 Å². The summed E-state index contributed by atoms with van der Waals surface area (Å²) in [4.78, 5) is 0. The number of rotatable bonds is 8. The van der Waals surface area contributed by atoms with Gasteiger partial charge in [0.15, 0.2) is 11.5 Å². The number of benzene rings is 2. The van der Waals surface area contributed by atoms with Crippen LogP contribution in [0.2, 0.25) is 5.15 Å². The van der Waals surface area contributed by atoms with Crippen LogP contribution in [-0.4, -0.2) is 30.5 Å². The maximum absolute atomic E-state index is 13.1. The SMILES string of the molecule is COc1ccc(CCNCc2c(C)nn(-c3ccc(F)cc3)c2Cl)cc1OC. The Bertz CT molecular complexity index is 942. The summed E-state index contributed by atoms with van der Waals surface area (Å²) < 4.78 is 25.4. The fourth-order valence-corrected chi connectivity index (χ4v) is 3.31. The molecule has 0 spiro atoms. The van der Waals surface area contributed by atoms with Crippen LogP contribution in [0.3, 0.4) is 0 Å². The average molecular weight is 404 g/mol. The number of methoxy groups -OCH3 is 2. The third-order valence-corrected chi connectivity index (χ3v) is 4.92. The van der Waals surface area contributed by atoms with E-state index in [-0.39, 0.29) is 5.82 Å². The van der Waals surface area contributed by atoms with E-state index in [4.69, 9.17) is 21.1 Å². The van der Waals surface area contributed by atoms with Crippen LogP contribution in [0.4, 0.5) is 4.39 Å². The van der Waals surface area contributed by atoms with Crippen molar-refractivity contribution in [2.45, 2.75) is 19.9 Å². The molecule has 0 fully saturated rings. The van der Waals surface area contributed by atoms with Gasteiger partial charge in [0.2, 0.25) is 0 Å². The van der Waals surface area contributed by atoms with Crippen LogP contribution < -0.4 is 14.8 Å². The third-order valence-electron chi connectivity index (χ3n) is 4.53. The highest BCUT2D eigenvalue weighted by Gasteiger charge is 2.14. The standard InChI is InChI=1S/C21H23ClFN3O2/c1-14-18(21(22)26(25-14)17-7-5-16(23)6-8-17)13-24-11-10-15-4-9-19(27-2)20(12-15)28-3/h4-9,12,24H,10-11,13H2,1-3H3. The van der Waals surface area contributed by atoms with Crippen molar-refractivity contribution in [2.24, 2.45) is 0 Å². The van der Waals surface area contributed by atoms with Crippen molar-refractivity contribution in [3.63, 3.8) is 0 Å². The largest absolute Gasteiger partial charge is 0.493 e. The van der Waals surface area contributed by atoms with Crippen molar-refractivity contribution >= 4 is 11.6 Å². The summed E-state index contributed by atoms with van der Waals surface area (Å²) >= 11 is 6.51. The van der Waals surface area contributed by atoms with Crippen molar-refractivity contribution in [1.29, 1.82) is 0 Å². The van der Waals surface area contributed by atoms with Gasteiger partial charge in [0.1, 0.15) is 11.0 Å². The van der Waals surface area contributed by atoms with Gasteiger partial charge in [0.25, 0.3) is 0 Å². The molecule has 0 atom stereocenters. The van der Waals surface area contributed by atoms with Crippen LogP contribution in [0, 0.1) is 12.7 Å². The summed E-state index contributed by atoms with van der Waals surface area (Å²) in [5, 5.41) is 8.41. The van der Waals surface area contributed by atoms with Gasteiger partial charge in [-0.2, -0.15) is 5.10 Å². The topological polar surface area (TPSA) is 48.3 Å². The zero-order chi connectivity index (χ0) is 20.1. The molecule has 0 aliphatic carbocycles. The number of nitrogens with zero attached hydrogens (tertiary/aromatic N) is 2. The smallest absolute Gasteiger partial charge is 0.160 e. The molecule has 5 nitrogen and oxygen atoms in total. The second-order valence-electron chi connectivity index (χ2n) is 6.36. The van der Waals surface area contributed by atoms with Crippen LogP contribution in [-0.2, 0) is 13.0 Å². The van der Waals surface area contributed by atoms with Crippen molar-refractivity contribution in [3.8, 4) is 17.2 Å². The molecular formula is C21H23ClFN3O2. The maximum Gasteiger partial charge on any atom is 0.160 e. The summed E-state index contributed by atoms with van der Waals surface area (Å²) in [5.41, 5.74) is 3.65. The van der Waals surface area contributed by atoms with E-state index >= 15 is 0 Å². The fourth-order valence-electron chi connectivity index (χ4n) is 2.97. The first-order valence-corrected chi connectivity index (χ1v) is 9.33. The predicted molar refractivity (Wildman–Crippen MR) is 108 cm³/mol. The second kappa shape index (κ2) is 9.08. The number of hydrogen-bond acceptors (Lipinski definition) is 4. The highest BCUT2D eigenvalue weighted by molar-refractivity contribution is 6.30. The molecule has 0 aliphatic heterocycles. The summed E-state index contributed by atoms with van der Waals surface area (Å²) in [5.74, 6) is 1.15. The second-order valence-corrected chi connectivity index (χ2v) is 6.72. The Labute approximate surface area is 169 Å². The molecule has 3 rings (SSSR count). The molecule has 1 N–H and O–H groups in total. The highest BCUT2D eigenvalue weighted by atomic mass is 35.5. The zero-order valence-corrected chi connectivity index (χ0v) is 16.9. The first kappa shape index (κ1) is 20.2. The Balaban J connectivity index is 1.62. The number of hydrogen-bond donors (Lipinski definition) is 1. The van der Waals surface area contributed by atoms with Crippen molar-refractivity contribution < 1.29 is 13.9 Å². The molecule has 148 valence electrons. The van der Waals surface area contributed by atoms with Crippen LogP contribution in [0.5, 0.6) is 11.5 Å². The lowest BCUT2D eigenvalue weighted by Gasteiger charge is -2.10. The molecule has 1 aromatic heterocycles. The number of ether oxygens (including phenoxy) is 2. The van der Waals surface area contributed by atoms with Crippen molar-refractivity contribution in [2.75, 3.05) is 20.8 Å². The minimum atomic E-state index is -0.291. The monoisotopic (exact) mass is 403 g/mol. The van der Waals surface area contributed by atoms with Crippen molar-refractivity contribution in [3.05, 3.63) is 70.3 Å². The molecule has 0 bridgehead atoms. The van der Waals surface area contributed by atoms with Crippen LogP contribution in [0.1, 0.15) is 16.8 Å². The zero-order valence-electron chi connectivity index (χ0n) is 16.1. The summed E-state index contributed by atoms with van der Waals surface area (Å²) in [7, 11) is 3.25. The van der Waals surface area contributed by atoms with Crippen LogP contribution in [0.15, 0.2) is 42.5 Å². The maximum atomic E-state index is 13.1. The van der Waals surface area contributed by atoms with Gasteiger partial charge in [-0.3, -0.25) is 0 Å². The molecular weight excluding hydrogens is 381 g/mol. The van der Waals surface area contributed by atoms with E-state index in [1.807, 2.05) is 25.1 Å². The fraction of sp³-hybridized carbons (Fsp3) is 0.286. The Morgan fingerprint density at radius 3 is 2.46 bits per heavy atom. The lowest BCUT2D eigenvalue weighted by molar-refractivity contribution is 0.354. The first-order valence-electron chi connectivity index (χ1n) is 8.95. The highest BCUT2D eigenvalue weighted by Crippen LogP contribution is 2.27. The molecule has 0 amide bonds. The Morgan fingerprint density at radius 1 is 1.07 bits per heavy atom. The van der Waals surface area contributed by atoms with Gasteiger partial charge in [-0.1, -0.05) is 17.7 Å². The van der Waals surface area contributed by atoms with Gasteiger partial charge in [-0.05, 0) is 61.9 Å². The van der Waals surface area contributed by atoms with Gasteiger partial charge < -0.3 is 14.8 Å². The quantitative estimate of drug-likeness (QED) is 0.569.